The van der Waals surface area contributed by atoms with Crippen molar-refractivity contribution in [2.75, 3.05) is 0 Å². The highest BCUT2D eigenvalue weighted by molar-refractivity contribution is 5.74. The van der Waals surface area contributed by atoms with Crippen LogP contribution in [0.4, 0.5) is 5.69 Å². The number of hydrogen-bond acceptors (Lipinski definition) is 5. The summed E-state index contributed by atoms with van der Waals surface area (Å²) in [6.07, 6.45) is 1.19. The molecule has 1 rings (SSSR count). The van der Waals surface area contributed by atoms with Gasteiger partial charge in [0.1, 0.15) is 18.4 Å². The summed E-state index contributed by atoms with van der Waals surface area (Å²) in [5.41, 5.74) is 2.05. The van der Waals surface area contributed by atoms with Crippen LogP contribution in [-0.4, -0.2) is 20.6 Å². The fourth-order valence-electron chi connectivity index (χ4n) is 0.960. The molecule has 1 aromatic rings. The molecule has 14 heavy (non-hydrogen) atoms. The summed E-state index contributed by atoms with van der Waals surface area (Å²) >= 11 is 0. The first-order valence-electron chi connectivity index (χ1n) is 3.72. The van der Waals surface area contributed by atoms with Crippen molar-refractivity contribution in [1.82, 2.24) is 15.2 Å². The zero-order valence-corrected chi connectivity index (χ0v) is 7.43. The third-order valence-corrected chi connectivity index (χ3v) is 1.58. The molecule has 0 radical (unpaired) electrons. The van der Waals surface area contributed by atoms with Crippen LogP contribution in [0.15, 0.2) is 6.20 Å². The van der Waals surface area contributed by atoms with Gasteiger partial charge in [0.05, 0.1) is 4.92 Å². The molecule has 0 aliphatic heterocycles. The molecule has 1 aromatic heterocycles. The normalized spacial score (nSPS) is 9.86. The SMILES string of the molecule is Cc1nn(CC(=O)NN)cc1[N+](=O)[O-]. The van der Waals surface area contributed by atoms with E-state index in [-0.39, 0.29) is 17.9 Å². The van der Waals surface area contributed by atoms with Gasteiger partial charge < -0.3 is 0 Å². The standard InChI is InChI=1S/C6H9N5O3/c1-4-5(11(13)14)2-10(9-4)3-6(12)8-7/h2H,3,7H2,1H3,(H,8,12). The van der Waals surface area contributed by atoms with Crippen molar-refractivity contribution in [3.8, 4) is 0 Å². The Morgan fingerprint density at radius 1 is 1.86 bits per heavy atom. The highest BCUT2D eigenvalue weighted by atomic mass is 16.6. The molecule has 0 atom stereocenters. The molecule has 76 valence electrons. The van der Waals surface area contributed by atoms with Crippen molar-refractivity contribution in [3.05, 3.63) is 22.0 Å². The number of nitrogens with one attached hydrogen (secondary N) is 1. The fraction of sp³-hybridized carbons (Fsp3) is 0.333. The Morgan fingerprint density at radius 3 is 2.93 bits per heavy atom. The first kappa shape index (κ1) is 10.1. The minimum Gasteiger partial charge on any atom is -0.293 e. The lowest BCUT2D eigenvalue weighted by atomic mass is 10.4. The number of nitro groups is 1. The van der Waals surface area contributed by atoms with E-state index in [2.05, 4.69) is 5.10 Å². The van der Waals surface area contributed by atoms with Gasteiger partial charge in [-0.25, -0.2) is 5.84 Å². The largest absolute Gasteiger partial charge is 0.309 e. The molecule has 0 saturated carbocycles. The second-order valence-electron chi connectivity index (χ2n) is 2.62. The van der Waals surface area contributed by atoms with Crippen molar-refractivity contribution in [2.45, 2.75) is 13.5 Å². The highest BCUT2D eigenvalue weighted by Gasteiger charge is 2.16. The Hall–Kier alpha value is -1.96. The molecule has 0 spiro atoms. The molecule has 0 bridgehead atoms. The maximum atomic E-state index is 10.8. The number of amides is 1. The molecule has 0 fully saturated rings. The molecule has 0 aliphatic rings. The van der Waals surface area contributed by atoms with E-state index in [0.29, 0.717) is 0 Å². The van der Waals surface area contributed by atoms with E-state index in [9.17, 15) is 14.9 Å². The molecule has 0 saturated heterocycles. The molecule has 0 aliphatic carbocycles. The molecule has 3 N–H and O–H groups in total. The van der Waals surface area contributed by atoms with Crippen molar-refractivity contribution in [2.24, 2.45) is 5.84 Å². The smallest absolute Gasteiger partial charge is 0.293 e. The lowest BCUT2D eigenvalue weighted by molar-refractivity contribution is -0.385. The number of carbonyl (C=O) groups excluding carboxylic acids is 1. The maximum Gasteiger partial charge on any atom is 0.309 e. The second-order valence-corrected chi connectivity index (χ2v) is 2.62. The second kappa shape index (κ2) is 3.83. The fourth-order valence-corrected chi connectivity index (χ4v) is 0.960. The summed E-state index contributed by atoms with van der Waals surface area (Å²) in [7, 11) is 0. The van der Waals surface area contributed by atoms with Crippen LogP contribution >= 0.6 is 0 Å². The van der Waals surface area contributed by atoms with E-state index in [1.165, 1.54) is 13.1 Å². The third kappa shape index (κ3) is 2.04. The van der Waals surface area contributed by atoms with Crippen LogP contribution in [0.1, 0.15) is 5.69 Å². The van der Waals surface area contributed by atoms with E-state index < -0.39 is 10.8 Å². The average Bonchev–Trinajstić information content (AvgIpc) is 2.46. The Bertz CT molecular complexity index is 372. The number of hydrazine groups is 1. The van der Waals surface area contributed by atoms with Gasteiger partial charge in [0, 0.05) is 0 Å². The molecule has 1 heterocycles. The van der Waals surface area contributed by atoms with Crippen LogP contribution < -0.4 is 11.3 Å². The number of hydrogen-bond donors (Lipinski definition) is 2. The predicted octanol–water partition coefficient (Wildman–Crippen LogP) is -0.910. The van der Waals surface area contributed by atoms with Crippen LogP contribution in [0, 0.1) is 17.0 Å². The lowest BCUT2D eigenvalue weighted by Crippen LogP contribution is -2.33. The Labute approximate surface area is 78.8 Å². The Morgan fingerprint density at radius 2 is 2.50 bits per heavy atom. The topological polar surface area (TPSA) is 116 Å². The summed E-state index contributed by atoms with van der Waals surface area (Å²) in [5, 5.41) is 14.2. The highest BCUT2D eigenvalue weighted by Crippen LogP contribution is 2.14. The lowest BCUT2D eigenvalue weighted by Gasteiger charge is -1.97. The van der Waals surface area contributed by atoms with E-state index in [4.69, 9.17) is 5.84 Å². The van der Waals surface area contributed by atoms with Crippen LogP contribution in [0.5, 0.6) is 0 Å². The van der Waals surface area contributed by atoms with Crippen LogP contribution in [-0.2, 0) is 11.3 Å². The zero-order chi connectivity index (χ0) is 10.7. The van der Waals surface area contributed by atoms with Gasteiger partial charge >= 0.3 is 5.69 Å². The minimum atomic E-state index is -0.556. The number of rotatable bonds is 3. The van der Waals surface area contributed by atoms with Gasteiger partial charge in [-0.15, -0.1) is 0 Å². The van der Waals surface area contributed by atoms with Gasteiger partial charge in [0.15, 0.2) is 0 Å². The summed E-state index contributed by atoms with van der Waals surface area (Å²) in [6, 6.07) is 0. The Balaban J connectivity index is 2.86. The molecule has 1 amide bonds. The van der Waals surface area contributed by atoms with E-state index in [1.54, 1.807) is 0 Å². The van der Waals surface area contributed by atoms with E-state index >= 15 is 0 Å². The van der Waals surface area contributed by atoms with Gasteiger partial charge in [-0.2, -0.15) is 5.10 Å². The van der Waals surface area contributed by atoms with Crippen molar-refractivity contribution in [3.63, 3.8) is 0 Å². The van der Waals surface area contributed by atoms with Crippen molar-refractivity contribution in [1.29, 1.82) is 0 Å². The molecule has 8 heteroatoms. The average molecular weight is 199 g/mol. The van der Waals surface area contributed by atoms with Crippen LogP contribution in [0.25, 0.3) is 0 Å². The molecule has 0 aromatic carbocycles. The van der Waals surface area contributed by atoms with Crippen LogP contribution in [0.3, 0.4) is 0 Å². The molecule has 8 nitrogen and oxygen atoms in total. The Kier molecular flexibility index (Phi) is 2.77. The summed E-state index contributed by atoms with van der Waals surface area (Å²) in [4.78, 5) is 20.7. The summed E-state index contributed by atoms with van der Waals surface area (Å²) < 4.78 is 1.16. The maximum absolute atomic E-state index is 10.8. The summed E-state index contributed by atoms with van der Waals surface area (Å²) in [5.74, 6) is 4.38. The van der Waals surface area contributed by atoms with E-state index in [0.717, 1.165) is 4.68 Å². The van der Waals surface area contributed by atoms with Gasteiger partial charge in [-0.3, -0.25) is 25.0 Å². The number of nitrogens with zero attached hydrogens (tertiary/aromatic N) is 3. The van der Waals surface area contributed by atoms with E-state index in [1.807, 2.05) is 5.43 Å². The van der Waals surface area contributed by atoms with Gasteiger partial charge in [0.25, 0.3) is 5.91 Å². The van der Waals surface area contributed by atoms with Gasteiger partial charge in [-0.1, -0.05) is 0 Å². The first-order valence-corrected chi connectivity index (χ1v) is 3.72. The summed E-state index contributed by atoms with van der Waals surface area (Å²) in [6.45, 7) is 1.36. The van der Waals surface area contributed by atoms with Crippen molar-refractivity contribution >= 4 is 11.6 Å². The van der Waals surface area contributed by atoms with Gasteiger partial charge in [-0.05, 0) is 6.92 Å². The molecule has 0 unspecified atom stereocenters. The quantitative estimate of drug-likeness (QED) is 0.283. The monoisotopic (exact) mass is 199 g/mol. The number of carbonyl (C=O) groups is 1. The first-order chi connectivity index (χ1) is 6.54. The number of nitrogens with two attached hydrogens (primary N) is 1. The third-order valence-electron chi connectivity index (χ3n) is 1.58. The van der Waals surface area contributed by atoms with Gasteiger partial charge in [0.2, 0.25) is 0 Å². The molecular formula is C6H9N5O3. The molecular weight excluding hydrogens is 190 g/mol. The number of aromatic nitrogens is 2. The van der Waals surface area contributed by atoms with Crippen molar-refractivity contribution < 1.29 is 9.72 Å². The number of aryl methyl sites for hydroxylation is 1. The predicted molar refractivity (Wildman–Crippen MR) is 45.9 cm³/mol. The minimum absolute atomic E-state index is 0.116. The van der Waals surface area contributed by atoms with Crippen LogP contribution in [0.2, 0.25) is 0 Å². The zero-order valence-electron chi connectivity index (χ0n) is 7.43.